The molecule has 0 saturated carbocycles. The highest BCUT2D eigenvalue weighted by Gasteiger charge is 2.23. The molecule has 2 aromatic rings. The van der Waals surface area contributed by atoms with Crippen LogP contribution in [0, 0.1) is 5.92 Å². The highest BCUT2D eigenvalue weighted by molar-refractivity contribution is 6.30. The maximum Gasteiger partial charge on any atom is 0.342 e. The van der Waals surface area contributed by atoms with Gasteiger partial charge in [0, 0.05) is 23.1 Å². The molecule has 0 aromatic heterocycles. The van der Waals surface area contributed by atoms with Crippen LogP contribution in [-0.2, 0) is 11.2 Å². The number of halogens is 1. The first-order valence-corrected chi connectivity index (χ1v) is 9.73. The molecule has 0 atom stereocenters. The summed E-state index contributed by atoms with van der Waals surface area (Å²) in [5.41, 5.74) is 1.17. The number of Topliss-reactive ketones (excluding diaryl/α,β-unsaturated/α-hetero) is 1. The van der Waals surface area contributed by atoms with Gasteiger partial charge in [0.2, 0.25) is 0 Å². The number of hydrogen-bond acceptors (Lipinski definition) is 5. The summed E-state index contributed by atoms with van der Waals surface area (Å²) in [7, 11) is 1.51. The summed E-state index contributed by atoms with van der Waals surface area (Å²) >= 11 is 5.90. The zero-order valence-electron chi connectivity index (χ0n) is 17.0. The van der Waals surface area contributed by atoms with E-state index in [0.29, 0.717) is 21.9 Å². The van der Waals surface area contributed by atoms with E-state index in [1.807, 2.05) is 19.9 Å². The van der Waals surface area contributed by atoms with E-state index in [2.05, 4.69) is 0 Å². The first kappa shape index (κ1) is 22.5. The molecule has 0 heterocycles. The van der Waals surface area contributed by atoms with Gasteiger partial charge in [-0.25, -0.2) is 4.79 Å². The van der Waals surface area contributed by atoms with Gasteiger partial charge in [-0.3, -0.25) is 4.79 Å². The van der Waals surface area contributed by atoms with Crippen molar-refractivity contribution in [3.63, 3.8) is 0 Å². The van der Waals surface area contributed by atoms with Crippen LogP contribution < -0.4 is 9.47 Å². The topological polar surface area (TPSA) is 61.8 Å². The van der Waals surface area contributed by atoms with Gasteiger partial charge in [0.05, 0.1) is 20.0 Å². The van der Waals surface area contributed by atoms with Crippen molar-refractivity contribution in [1.29, 1.82) is 0 Å². The van der Waals surface area contributed by atoms with Gasteiger partial charge >= 0.3 is 5.97 Å². The number of carbonyl (C=O) groups excluding carboxylic acids is 2. The minimum absolute atomic E-state index is 0.0166. The monoisotopic (exact) mass is 416 g/mol. The molecule has 0 bridgehead atoms. The maximum absolute atomic E-state index is 12.8. The molecule has 0 radical (unpaired) electrons. The van der Waals surface area contributed by atoms with Gasteiger partial charge in [0.1, 0.15) is 17.1 Å². The predicted octanol–water partition coefficient (Wildman–Crippen LogP) is 5.50. The predicted molar refractivity (Wildman–Crippen MR) is 113 cm³/mol. The van der Waals surface area contributed by atoms with Crippen molar-refractivity contribution < 1.29 is 23.8 Å². The number of ether oxygens (including phenoxy) is 3. The molecule has 2 rings (SSSR count). The van der Waals surface area contributed by atoms with Gasteiger partial charge in [-0.2, -0.15) is 0 Å². The highest BCUT2D eigenvalue weighted by Crippen LogP contribution is 2.31. The lowest BCUT2D eigenvalue weighted by molar-refractivity contribution is 0.0522. The van der Waals surface area contributed by atoms with Crippen LogP contribution in [0.4, 0.5) is 0 Å². The molecule has 0 saturated heterocycles. The fourth-order valence-corrected chi connectivity index (χ4v) is 2.74. The number of benzene rings is 2. The number of ketones is 1. The average molecular weight is 417 g/mol. The van der Waals surface area contributed by atoms with Gasteiger partial charge in [0.15, 0.2) is 5.78 Å². The van der Waals surface area contributed by atoms with Crippen molar-refractivity contribution in [2.75, 3.05) is 13.7 Å². The Kier molecular flexibility index (Phi) is 8.28. The normalized spacial score (nSPS) is 11.0. The number of allylic oxidation sites excluding steroid dienone is 1. The second kappa shape index (κ2) is 10.7. The van der Waals surface area contributed by atoms with Gasteiger partial charge in [-0.1, -0.05) is 25.4 Å². The number of hydrogen-bond donors (Lipinski definition) is 0. The van der Waals surface area contributed by atoms with Crippen LogP contribution >= 0.6 is 11.6 Å². The summed E-state index contributed by atoms with van der Waals surface area (Å²) in [6.45, 7) is 5.94. The van der Waals surface area contributed by atoms with E-state index in [4.69, 9.17) is 25.8 Å². The molecule has 0 fully saturated rings. The molecule has 0 aliphatic heterocycles. The van der Waals surface area contributed by atoms with Crippen LogP contribution in [0.3, 0.4) is 0 Å². The van der Waals surface area contributed by atoms with Crippen LogP contribution in [0.1, 0.15) is 47.1 Å². The summed E-state index contributed by atoms with van der Waals surface area (Å²) in [5, 5.41) is 0.544. The first-order valence-electron chi connectivity index (χ1n) is 9.35. The molecule has 154 valence electrons. The SMILES string of the molecule is CCOC(=O)c1c(CC(=O)c2ccc(Cl)cc2)cc(OC)cc1OC=CC(C)C. The minimum atomic E-state index is -0.554. The molecule has 0 aliphatic carbocycles. The number of methoxy groups -OCH3 is 1. The summed E-state index contributed by atoms with van der Waals surface area (Å²) in [6.07, 6.45) is 3.36. The van der Waals surface area contributed by atoms with Crippen molar-refractivity contribution >= 4 is 23.4 Å². The van der Waals surface area contributed by atoms with Crippen molar-refractivity contribution in [2.24, 2.45) is 5.92 Å². The summed E-state index contributed by atoms with van der Waals surface area (Å²) < 4.78 is 16.2. The van der Waals surface area contributed by atoms with E-state index in [1.165, 1.54) is 13.4 Å². The molecule has 29 heavy (non-hydrogen) atoms. The first-order chi connectivity index (χ1) is 13.8. The van der Waals surface area contributed by atoms with Crippen LogP contribution in [0.25, 0.3) is 0 Å². The number of carbonyl (C=O) groups is 2. The maximum atomic E-state index is 12.8. The molecular formula is C23H25ClO5. The minimum Gasteiger partial charge on any atom is -0.497 e. The zero-order chi connectivity index (χ0) is 21.4. The second-order valence-corrected chi connectivity index (χ2v) is 7.11. The Morgan fingerprint density at radius 1 is 1.14 bits per heavy atom. The summed E-state index contributed by atoms with van der Waals surface area (Å²) in [6, 6.07) is 9.86. The Hall–Kier alpha value is -2.79. The van der Waals surface area contributed by atoms with Gasteiger partial charge in [0.25, 0.3) is 0 Å². The highest BCUT2D eigenvalue weighted by atomic mass is 35.5. The fraction of sp³-hybridized carbons (Fsp3) is 0.304. The van der Waals surface area contributed by atoms with E-state index in [0.717, 1.165) is 0 Å². The average Bonchev–Trinajstić information content (AvgIpc) is 2.68. The Balaban J connectivity index is 2.47. The molecule has 0 aliphatic rings. The zero-order valence-corrected chi connectivity index (χ0v) is 17.8. The van der Waals surface area contributed by atoms with Crippen LogP contribution in [0.15, 0.2) is 48.7 Å². The molecule has 5 nitrogen and oxygen atoms in total. The Labute approximate surface area is 176 Å². The second-order valence-electron chi connectivity index (χ2n) is 6.68. The van der Waals surface area contributed by atoms with Gasteiger partial charge < -0.3 is 14.2 Å². The summed E-state index contributed by atoms with van der Waals surface area (Å²) in [4.78, 5) is 25.4. The summed E-state index contributed by atoms with van der Waals surface area (Å²) in [5.74, 6) is 0.312. The lowest BCUT2D eigenvalue weighted by Gasteiger charge is -2.15. The van der Waals surface area contributed by atoms with Crippen LogP contribution in [0.5, 0.6) is 11.5 Å². The smallest absolute Gasteiger partial charge is 0.342 e. The van der Waals surface area contributed by atoms with Crippen molar-refractivity contribution in [2.45, 2.75) is 27.2 Å². The molecule has 0 spiro atoms. The van der Waals surface area contributed by atoms with Crippen molar-refractivity contribution in [3.05, 3.63) is 70.4 Å². The van der Waals surface area contributed by atoms with Crippen LogP contribution in [-0.4, -0.2) is 25.5 Å². The van der Waals surface area contributed by atoms with E-state index < -0.39 is 5.97 Å². The lowest BCUT2D eigenvalue weighted by Crippen LogP contribution is -2.13. The molecule has 0 amide bonds. The van der Waals surface area contributed by atoms with Gasteiger partial charge in [-0.05, 0) is 54.8 Å². The third-order valence-corrected chi connectivity index (χ3v) is 4.30. The molecule has 6 heteroatoms. The van der Waals surface area contributed by atoms with E-state index in [1.54, 1.807) is 43.3 Å². The molecular weight excluding hydrogens is 392 g/mol. The molecule has 0 N–H and O–H groups in total. The fourth-order valence-electron chi connectivity index (χ4n) is 2.61. The number of rotatable bonds is 9. The third-order valence-electron chi connectivity index (χ3n) is 4.05. The Bertz CT molecular complexity index is 885. The third kappa shape index (κ3) is 6.36. The van der Waals surface area contributed by atoms with Crippen molar-refractivity contribution in [1.82, 2.24) is 0 Å². The Morgan fingerprint density at radius 2 is 1.83 bits per heavy atom. The quantitative estimate of drug-likeness (QED) is 0.307. The lowest BCUT2D eigenvalue weighted by atomic mass is 9.97. The van der Waals surface area contributed by atoms with E-state index >= 15 is 0 Å². The van der Waals surface area contributed by atoms with Gasteiger partial charge in [-0.15, -0.1) is 0 Å². The largest absolute Gasteiger partial charge is 0.497 e. The number of esters is 1. The molecule has 0 unspecified atom stereocenters. The van der Waals surface area contributed by atoms with E-state index in [9.17, 15) is 9.59 Å². The van der Waals surface area contributed by atoms with Crippen molar-refractivity contribution in [3.8, 4) is 11.5 Å². The Morgan fingerprint density at radius 3 is 2.41 bits per heavy atom. The molecule has 2 aromatic carbocycles. The standard InChI is InChI=1S/C23H25ClO5/c1-5-28-23(26)22-17(13-20(25)16-6-8-18(24)9-7-16)12-19(27-4)14-21(22)29-11-10-15(2)3/h6-12,14-15H,5,13H2,1-4H3. The van der Waals surface area contributed by atoms with Crippen LogP contribution in [0.2, 0.25) is 5.02 Å². The van der Waals surface area contributed by atoms with E-state index in [-0.39, 0.29) is 36.0 Å².